The van der Waals surface area contributed by atoms with E-state index in [1.54, 1.807) is 6.07 Å². The minimum atomic E-state index is -3.39. The Morgan fingerprint density at radius 2 is 2.12 bits per heavy atom. The van der Waals surface area contributed by atoms with Crippen LogP contribution in [0.3, 0.4) is 0 Å². The average Bonchev–Trinajstić information content (AvgIpc) is 2.77. The van der Waals surface area contributed by atoms with E-state index in [0.717, 1.165) is 24.1 Å². The number of nitrogens with one attached hydrogen (secondary N) is 1. The van der Waals surface area contributed by atoms with Gasteiger partial charge in [0, 0.05) is 17.5 Å². The molecular weight excluding hydrogens is 256 g/mol. The van der Waals surface area contributed by atoms with Crippen molar-refractivity contribution >= 4 is 21.4 Å². The van der Waals surface area contributed by atoms with Gasteiger partial charge in [-0.1, -0.05) is 20.3 Å². The normalized spacial score (nSPS) is 13.8. The molecule has 1 rings (SSSR count). The van der Waals surface area contributed by atoms with E-state index in [1.165, 1.54) is 11.3 Å². The highest BCUT2D eigenvalue weighted by Gasteiger charge is 2.20. The summed E-state index contributed by atoms with van der Waals surface area (Å²) in [6.45, 7) is 4.35. The number of rotatable bonds is 7. The van der Waals surface area contributed by atoms with E-state index in [9.17, 15) is 8.42 Å². The highest BCUT2D eigenvalue weighted by atomic mass is 32.2. The predicted octanol–water partition coefficient (Wildman–Crippen LogP) is 1.72. The van der Waals surface area contributed by atoms with Crippen LogP contribution in [0.4, 0.5) is 0 Å². The van der Waals surface area contributed by atoms with Crippen LogP contribution in [0.15, 0.2) is 16.3 Å². The quantitative estimate of drug-likeness (QED) is 0.796. The zero-order chi connectivity index (χ0) is 12.9. The van der Waals surface area contributed by atoms with Gasteiger partial charge in [0.15, 0.2) is 0 Å². The van der Waals surface area contributed by atoms with Crippen molar-refractivity contribution in [3.8, 4) is 0 Å². The first-order valence-corrected chi connectivity index (χ1v) is 8.14. The SMILES string of the molecule is CCCC(CN)NS(=O)(=O)c1ccc(CC)s1. The van der Waals surface area contributed by atoms with Crippen molar-refractivity contribution in [1.29, 1.82) is 0 Å². The number of hydrogen-bond donors (Lipinski definition) is 2. The summed E-state index contributed by atoms with van der Waals surface area (Å²) in [4.78, 5) is 1.07. The van der Waals surface area contributed by atoms with E-state index in [4.69, 9.17) is 5.73 Å². The smallest absolute Gasteiger partial charge is 0.250 e. The molecule has 0 fully saturated rings. The second-order valence-electron chi connectivity index (χ2n) is 3.92. The second kappa shape index (κ2) is 6.49. The second-order valence-corrected chi connectivity index (χ2v) is 7.03. The fourth-order valence-corrected chi connectivity index (χ4v) is 4.14. The van der Waals surface area contributed by atoms with Crippen molar-refractivity contribution in [3.63, 3.8) is 0 Å². The Kier molecular flexibility index (Phi) is 5.58. The molecule has 1 aromatic rings. The fourth-order valence-electron chi connectivity index (χ4n) is 1.54. The number of nitrogens with two attached hydrogens (primary N) is 1. The van der Waals surface area contributed by atoms with Crippen LogP contribution in [0.1, 0.15) is 31.6 Å². The number of aryl methyl sites for hydroxylation is 1. The van der Waals surface area contributed by atoms with E-state index in [-0.39, 0.29) is 6.04 Å². The molecule has 1 unspecified atom stereocenters. The van der Waals surface area contributed by atoms with Gasteiger partial charge in [-0.3, -0.25) is 0 Å². The highest BCUT2D eigenvalue weighted by molar-refractivity contribution is 7.91. The molecule has 0 saturated heterocycles. The summed E-state index contributed by atoms with van der Waals surface area (Å²) in [6, 6.07) is 3.35. The highest BCUT2D eigenvalue weighted by Crippen LogP contribution is 2.22. The summed E-state index contributed by atoms with van der Waals surface area (Å²) in [7, 11) is -3.39. The molecule has 0 amide bonds. The van der Waals surface area contributed by atoms with Crippen LogP contribution in [0.2, 0.25) is 0 Å². The van der Waals surface area contributed by atoms with Gasteiger partial charge in [0.2, 0.25) is 10.0 Å². The lowest BCUT2D eigenvalue weighted by Crippen LogP contribution is -2.39. The standard InChI is InChI=1S/C11H20N2O2S2/c1-3-5-9(8-12)13-17(14,15)11-7-6-10(4-2)16-11/h6-7,9,13H,3-5,8,12H2,1-2H3. The van der Waals surface area contributed by atoms with Crippen LogP contribution >= 0.6 is 11.3 Å². The fraction of sp³-hybridized carbons (Fsp3) is 0.636. The largest absolute Gasteiger partial charge is 0.329 e. The third-order valence-corrected chi connectivity index (χ3v) is 5.74. The topological polar surface area (TPSA) is 72.2 Å². The molecule has 0 aromatic carbocycles. The van der Waals surface area contributed by atoms with Crippen LogP contribution < -0.4 is 10.5 Å². The summed E-state index contributed by atoms with van der Waals surface area (Å²) in [5.74, 6) is 0. The summed E-state index contributed by atoms with van der Waals surface area (Å²) in [5, 5.41) is 0. The Labute approximate surface area is 107 Å². The lowest BCUT2D eigenvalue weighted by atomic mass is 10.2. The molecule has 1 atom stereocenters. The molecule has 1 heterocycles. The molecule has 0 spiro atoms. The van der Waals surface area contributed by atoms with Gasteiger partial charge in [-0.05, 0) is 25.0 Å². The molecule has 17 heavy (non-hydrogen) atoms. The molecular formula is C11H20N2O2S2. The van der Waals surface area contributed by atoms with Gasteiger partial charge < -0.3 is 5.73 Å². The van der Waals surface area contributed by atoms with Crippen LogP contribution in [0.25, 0.3) is 0 Å². The van der Waals surface area contributed by atoms with E-state index < -0.39 is 10.0 Å². The molecule has 98 valence electrons. The average molecular weight is 276 g/mol. The summed E-state index contributed by atoms with van der Waals surface area (Å²) in [5.41, 5.74) is 5.55. The van der Waals surface area contributed by atoms with Crippen molar-refractivity contribution in [3.05, 3.63) is 17.0 Å². The van der Waals surface area contributed by atoms with E-state index in [1.807, 2.05) is 19.9 Å². The molecule has 0 bridgehead atoms. The monoisotopic (exact) mass is 276 g/mol. The lowest BCUT2D eigenvalue weighted by molar-refractivity contribution is 0.528. The Morgan fingerprint density at radius 3 is 2.59 bits per heavy atom. The van der Waals surface area contributed by atoms with Gasteiger partial charge in [0.05, 0.1) is 0 Å². The van der Waals surface area contributed by atoms with Gasteiger partial charge >= 0.3 is 0 Å². The first kappa shape index (κ1) is 14.6. The van der Waals surface area contributed by atoms with Crippen molar-refractivity contribution < 1.29 is 8.42 Å². The Balaban J connectivity index is 2.80. The Morgan fingerprint density at radius 1 is 1.41 bits per heavy atom. The summed E-state index contributed by atoms with van der Waals surface area (Å²) < 4.78 is 27.1. The van der Waals surface area contributed by atoms with E-state index in [2.05, 4.69) is 4.72 Å². The van der Waals surface area contributed by atoms with Crippen LogP contribution in [-0.2, 0) is 16.4 Å². The van der Waals surface area contributed by atoms with Crippen molar-refractivity contribution in [2.45, 2.75) is 43.4 Å². The molecule has 4 nitrogen and oxygen atoms in total. The van der Waals surface area contributed by atoms with Crippen LogP contribution in [-0.4, -0.2) is 21.0 Å². The number of hydrogen-bond acceptors (Lipinski definition) is 4. The minimum Gasteiger partial charge on any atom is -0.329 e. The zero-order valence-corrected chi connectivity index (χ0v) is 11.9. The van der Waals surface area contributed by atoms with Gasteiger partial charge in [-0.15, -0.1) is 11.3 Å². The third-order valence-electron chi connectivity index (χ3n) is 2.49. The summed E-state index contributed by atoms with van der Waals surface area (Å²) in [6.07, 6.45) is 2.53. The third kappa shape index (κ3) is 4.06. The zero-order valence-electron chi connectivity index (χ0n) is 10.3. The molecule has 1 aromatic heterocycles. The first-order valence-electron chi connectivity index (χ1n) is 5.84. The summed E-state index contributed by atoms with van der Waals surface area (Å²) >= 11 is 1.32. The van der Waals surface area contributed by atoms with E-state index >= 15 is 0 Å². The van der Waals surface area contributed by atoms with Crippen molar-refractivity contribution in [2.24, 2.45) is 5.73 Å². The Hall–Kier alpha value is -0.430. The molecule has 3 N–H and O–H groups in total. The van der Waals surface area contributed by atoms with Gasteiger partial charge in [-0.25, -0.2) is 13.1 Å². The predicted molar refractivity (Wildman–Crippen MR) is 71.8 cm³/mol. The lowest BCUT2D eigenvalue weighted by Gasteiger charge is -2.15. The first-order chi connectivity index (χ1) is 8.03. The molecule has 0 radical (unpaired) electrons. The maximum atomic E-state index is 12.0. The molecule has 0 saturated carbocycles. The van der Waals surface area contributed by atoms with Crippen LogP contribution in [0, 0.1) is 0 Å². The maximum absolute atomic E-state index is 12.0. The maximum Gasteiger partial charge on any atom is 0.250 e. The van der Waals surface area contributed by atoms with Gasteiger partial charge in [0.1, 0.15) is 4.21 Å². The number of thiophene rings is 1. The van der Waals surface area contributed by atoms with Crippen molar-refractivity contribution in [2.75, 3.05) is 6.54 Å². The molecule has 0 aliphatic rings. The number of sulfonamides is 1. The minimum absolute atomic E-state index is 0.169. The Bertz CT molecular complexity index is 440. The molecule has 0 aliphatic carbocycles. The van der Waals surface area contributed by atoms with Gasteiger partial charge in [0.25, 0.3) is 0 Å². The van der Waals surface area contributed by atoms with Crippen LogP contribution in [0.5, 0.6) is 0 Å². The molecule has 6 heteroatoms. The van der Waals surface area contributed by atoms with Crippen molar-refractivity contribution in [1.82, 2.24) is 4.72 Å². The van der Waals surface area contributed by atoms with E-state index in [0.29, 0.717) is 10.8 Å². The molecule has 0 aliphatic heterocycles. The van der Waals surface area contributed by atoms with Gasteiger partial charge in [-0.2, -0.15) is 0 Å².